The van der Waals surface area contributed by atoms with E-state index in [1.165, 1.54) is 12.8 Å². The smallest absolute Gasteiger partial charge is 0.188 e. The Morgan fingerprint density at radius 3 is 2.69 bits per heavy atom. The highest BCUT2D eigenvalue weighted by Gasteiger charge is 2.22. The van der Waals surface area contributed by atoms with Gasteiger partial charge in [-0.05, 0) is 12.8 Å². The molecule has 0 aliphatic heterocycles. The van der Waals surface area contributed by atoms with Gasteiger partial charge in [-0.15, -0.1) is 0 Å². The monoisotopic (exact) mass is 185 g/mol. The number of aliphatic hydroxyl groups is 1. The van der Waals surface area contributed by atoms with Gasteiger partial charge in [0.2, 0.25) is 0 Å². The van der Waals surface area contributed by atoms with Gasteiger partial charge in [-0.25, -0.2) is 0 Å². The summed E-state index contributed by atoms with van der Waals surface area (Å²) in [5, 5.41) is 12.1. The summed E-state index contributed by atoms with van der Waals surface area (Å²) in [6.45, 7) is 4.62. The summed E-state index contributed by atoms with van der Waals surface area (Å²) >= 11 is 0. The molecule has 0 unspecified atom stereocenters. The van der Waals surface area contributed by atoms with Crippen molar-refractivity contribution in [2.75, 3.05) is 13.2 Å². The highest BCUT2D eigenvalue weighted by Crippen LogP contribution is 2.18. The first kappa shape index (κ1) is 10.3. The number of guanidine groups is 1. The third-order valence-electron chi connectivity index (χ3n) is 2.03. The van der Waals surface area contributed by atoms with Crippen molar-refractivity contribution in [3.63, 3.8) is 0 Å². The van der Waals surface area contributed by atoms with E-state index in [9.17, 15) is 0 Å². The van der Waals surface area contributed by atoms with E-state index in [2.05, 4.69) is 10.3 Å². The van der Waals surface area contributed by atoms with Gasteiger partial charge < -0.3 is 16.2 Å². The quantitative estimate of drug-likeness (QED) is 0.429. The van der Waals surface area contributed by atoms with E-state index in [4.69, 9.17) is 10.8 Å². The molecule has 4 N–H and O–H groups in total. The normalized spacial score (nSPS) is 18.8. The molecule has 0 aromatic heterocycles. The second-order valence-electron chi connectivity index (χ2n) is 4.44. The first-order valence-electron chi connectivity index (χ1n) is 4.71. The fourth-order valence-electron chi connectivity index (χ4n) is 0.832. The van der Waals surface area contributed by atoms with Gasteiger partial charge in [-0.3, -0.25) is 4.99 Å². The molecular formula is C9H19N3O. The fourth-order valence-corrected chi connectivity index (χ4v) is 0.832. The van der Waals surface area contributed by atoms with Crippen molar-refractivity contribution < 1.29 is 5.11 Å². The Hall–Kier alpha value is -0.770. The van der Waals surface area contributed by atoms with Crippen molar-refractivity contribution in [2.45, 2.75) is 32.7 Å². The maximum Gasteiger partial charge on any atom is 0.188 e. The summed E-state index contributed by atoms with van der Waals surface area (Å²) in [6.07, 6.45) is 2.39. The van der Waals surface area contributed by atoms with Crippen LogP contribution in [0.3, 0.4) is 0 Å². The predicted molar refractivity (Wildman–Crippen MR) is 53.5 cm³/mol. The van der Waals surface area contributed by atoms with Crippen LogP contribution in [0.25, 0.3) is 0 Å². The molecule has 0 amide bonds. The molecule has 1 fully saturated rings. The number of aliphatic hydroxyl groups excluding tert-OH is 1. The lowest BCUT2D eigenvalue weighted by Gasteiger charge is -2.18. The molecule has 0 aromatic rings. The van der Waals surface area contributed by atoms with Gasteiger partial charge in [0, 0.05) is 18.1 Å². The van der Waals surface area contributed by atoms with Crippen LogP contribution in [0.1, 0.15) is 26.7 Å². The lowest BCUT2D eigenvalue weighted by atomic mass is 9.95. The minimum atomic E-state index is -0.171. The van der Waals surface area contributed by atoms with Gasteiger partial charge in [0.05, 0.1) is 6.54 Å². The van der Waals surface area contributed by atoms with E-state index in [0.717, 1.165) is 0 Å². The Kier molecular flexibility index (Phi) is 3.14. The van der Waals surface area contributed by atoms with Crippen LogP contribution in [0.4, 0.5) is 0 Å². The van der Waals surface area contributed by atoms with Gasteiger partial charge in [-0.2, -0.15) is 0 Å². The second-order valence-corrected chi connectivity index (χ2v) is 4.44. The predicted octanol–water partition coefficient (Wildman–Crippen LogP) is 0.0716. The third-order valence-corrected chi connectivity index (χ3v) is 2.03. The molecular weight excluding hydrogens is 166 g/mol. The molecule has 1 aliphatic rings. The summed E-state index contributed by atoms with van der Waals surface area (Å²) in [7, 11) is 0. The maximum absolute atomic E-state index is 8.97. The standard InChI is InChI=1S/C9H19N3O/c1-9(2,6-13)5-11-8(10)12-7-3-4-7/h7,13H,3-6H2,1-2H3,(H3,10,11,12). The van der Waals surface area contributed by atoms with Gasteiger partial charge in [0.1, 0.15) is 0 Å². The molecule has 76 valence electrons. The van der Waals surface area contributed by atoms with E-state index in [1.807, 2.05) is 13.8 Å². The van der Waals surface area contributed by atoms with Crippen LogP contribution in [-0.4, -0.2) is 30.3 Å². The van der Waals surface area contributed by atoms with Gasteiger partial charge in [0.15, 0.2) is 5.96 Å². The maximum atomic E-state index is 8.97. The van der Waals surface area contributed by atoms with Gasteiger partial charge in [0.25, 0.3) is 0 Å². The van der Waals surface area contributed by atoms with Crippen LogP contribution in [0.15, 0.2) is 4.99 Å². The van der Waals surface area contributed by atoms with Gasteiger partial charge in [-0.1, -0.05) is 13.8 Å². The van der Waals surface area contributed by atoms with Crippen molar-refractivity contribution in [3.05, 3.63) is 0 Å². The van der Waals surface area contributed by atoms with E-state index < -0.39 is 0 Å². The summed E-state index contributed by atoms with van der Waals surface area (Å²) in [6, 6.07) is 0.543. The van der Waals surface area contributed by atoms with Crippen LogP contribution in [0.2, 0.25) is 0 Å². The highest BCUT2D eigenvalue weighted by atomic mass is 16.3. The average molecular weight is 185 g/mol. The van der Waals surface area contributed by atoms with E-state index in [0.29, 0.717) is 18.5 Å². The Morgan fingerprint density at radius 1 is 1.62 bits per heavy atom. The van der Waals surface area contributed by atoms with Crippen LogP contribution in [0, 0.1) is 5.41 Å². The Balaban J connectivity index is 2.27. The van der Waals surface area contributed by atoms with Crippen LogP contribution >= 0.6 is 0 Å². The Morgan fingerprint density at radius 2 is 2.23 bits per heavy atom. The lowest BCUT2D eigenvalue weighted by molar-refractivity contribution is 0.167. The molecule has 13 heavy (non-hydrogen) atoms. The summed E-state index contributed by atoms with van der Waals surface area (Å²) in [5.41, 5.74) is 5.46. The van der Waals surface area contributed by atoms with Crippen molar-refractivity contribution >= 4 is 5.96 Å². The molecule has 0 spiro atoms. The van der Waals surface area contributed by atoms with Crippen LogP contribution in [0.5, 0.6) is 0 Å². The van der Waals surface area contributed by atoms with E-state index >= 15 is 0 Å². The molecule has 1 rings (SSSR count). The number of hydrogen-bond donors (Lipinski definition) is 3. The molecule has 0 atom stereocenters. The minimum Gasteiger partial charge on any atom is -0.396 e. The number of aliphatic imine (C=N–C) groups is 1. The highest BCUT2D eigenvalue weighted by molar-refractivity contribution is 5.78. The fraction of sp³-hybridized carbons (Fsp3) is 0.889. The average Bonchev–Trinajstić information content (AvgIpc) is 2.85. The summed E-state index contributed by atoms with van der Waals surface area (Å²) in [5.74, 6) is 0.504. The molecule has 0 bridgehead atoms. The molecule has 0 saturated heterocycles. The van der Waals surface area contributed by atoms with Crippen LogP contribution < -0.4 is 11.1 Å². The number of nitrogens with one attached hydrogen (secondary N) is 1. The third kappa shape index (κ3) is 4.12. The number of hydrogen-bond acceptors (Lipinski definition) is 2. The zero-order chi connectivity index (χ0) is 9.90. The number of nitrogens with zero attached hydrogens (tertiary/aromatic N) is 1. The van der Waals surface area contributed by atoms with Crippen molar-refractivity contribution in [1.82, 2.24) is 5.32 Å². The zero-order valence-electron chi connectivity index (χ0n) is 8.38. The van der Waals surface area contributed by atoms with Crippen molar-refractivity contribution in [3.8, 4) is 0 Å². The SMILES string of the molecule is CC(C)(CO)CN=C(N)NC1CC1. The second kappa shape index (κ2) is 3.96. The van der Waals surface area contributed by atoms with Crippen molar-refractivity contribution in [2.24, 2.45) is 16.1 Å². The molecule has 0 heterocycles. The van der Waals surface area contributed by atoms with Gasteiger partial charge >= 0.3 is 0 Å². The molecule has 1 saturated carbocycles. The molecule has 4 nitrogen and oxygen atoms in total. The first-order chi connectivity index (χ1) is 6.03. The number of nitrogens with two attached hydrogens (primary N) is 1. The van der Waals surface area contributed by atoms with Crippen molar-refractivity contribution in [1.29, 1.82) is 0 Å². The topological polar surface area (TPSA) is 70.6 Å². The first-order valence-corrected chi connectivity index (χ1v) is 4.71. The Bertz CT molecular complexity index is 197. The minimum absolute atomic E-state index is 0.132. The molecule has 1 aliphatic carbocycles. The largest absolute Gasteiger partial charge is 0.396 e. The summed E-state index contributed by atoms with van der Waals surface area (Å²) < 4.78 is 0. The number of rotatable bonds is 4. The Labute approximate surface area is 79.2 Å². The molecule has 0 aromatic carbocycles. The summed E-state index contributed by atoms with van der Waals surface area (Å²) in [4.78, 5) is 4.17. The van der Waals surface area contributed by atoms with Crippen LogP contribution in [-0.2, 0) is 0 Å². The van der Waals surface area contributed by atoms with E-state index in [1.54, 1.807) is 0 Å². The van der Waals surface area contributed by atoms with E-state index in [-0.39, 0.29) is 12.0 Å². The lowest BCUT2D eigenvalue weighted by Crippen LogP contribution is -2.34. The zero-order valence-corrected chi connectivity index (χ0v) is 8.38. The molecule has 4 heteroatoms. The molecule has 0 radical (unpaired) electrons.